The first-order valence-corrected chi connectivity index (χ1v) is 7.83. The van der Waals surface area contributed by atoms with E-state index in [1.54, 1.807) is 18.2 Å². The first-order valence-electron chi connectivity index (χ1n) is 6.66. The van der Waals surface area contributed by atoms with Crippen molar-refractivity contribution in [3.63, 3.8) is 0 Å². The summed E-state index contributed by atoms with van der Waals surface area (Å²) in [6, 6.07) is 12.9. The molecule has 0 spiro atoms. The number of benzene rings is 2. The molecule has 0 radical (unpaired) electrons. The quantitative estimate of drug-likeness (QED) is 0.819. The SMILES string of the molecule is CCNCc1cccc(NC(=O)c2cc(Cl)ccc2Br)c1. The van der Waals surface area contributed by atoms with E-state index in [1.807, 2.05) is 24.3 Å². The molecule has 1 amide bonds. The highest BCUT2D eigenvalue weighted by molar-refractivity contribution is 9.10. The molecule has 5 heteroatoms. The Bertz CT molecular complexity index is 646. The summed E-state index contributed by atoms with van der Waals surface area (Å²) in [7, 11) is 0. The van der Waals surface area contributed by atoms with Crippen LogP contribution in [0.3, 0.4) is 0 Å². The molecule has 0 saturated heterocycles. The lowest BCUT2D eigenvalue weighted by Gasteiger charge is -2.09. The molecule has 0 saturated carbocycles. The lowest BCUT2D eigenvalue weighted by molar-refractivity contribution is 0.102. The zero-order valence-corrected chi connectivity index (χ0v) is 14.0. The van der Waals surface area contributed by atoms with Gasteiger partial charge in [0.1, 0.15) is 0 Å². The summed E-state index contributed by atoms with van der Waals surface area (Å²) in [6.07, 6.45) is 0. The van der Waals surface area contributed by atoms with Crippen molar-refractivity contribution in [2.24, 2.45) is 0 Å². The van der Waals surface area contributed by atoms with Gasteiger partial charge in [0, 0.05) is 21.7 Å². The summed E-state index contributed by atoms with van der Waals surface area (Å²) in [5, 5.41) is 6.68. The Morgan fingerprint density at radius 3 is 2.81 bits per heavy atom. The normalized spacial score (nSPS) is 10.4. The van der Waals surface area contributed by atoms with Crippen LogP contribution < -0.4 is 10.6 Å². The lowest BCUT2D eigenvalue weighted by Crippen LogP contribution is -2.14. The van der Waals surface area contributed by atoms with E-state index in [-0.39, 0.29) is 5.91 Å². The Hall–Kier alpha value is -1.36. The number of hydrogen-bond acceptors (Lipinski definition) is 2. The molecule has 2 aromatic rings. The number of rotatable bonds is 5. The first-order chi connectivity index (χ1) is 10.1. The summed E-state index contributed by atoms with van der Waals surface area (Å²) in [6.45, 7) is 3.75. The van der Waals surface area contributed by atoms with Crippen LogP contribution in [0.2, 0.25) is 5.02 Å². The summed E-state index contributed by atoms with van der Waals surface area (Å²) < 4.78 is 0.716. The fourth-order valence-electron chi connectivity index (χ4n) is 1.90. The van der Waals surface area contributed by atoms with Crippen LogP contribution >= 0.6 is 27.5 Å². The molecule has 0 aliphatic rings. The molecule has 21 heavy (non-hydrogen) atoms. The molecule has 2 aromatic carbocycles. The van der Waals surface area contributed by atoms with Gasteiger partial charge in [-0.05, 0) is 58.4 Å². The van der Waals surface area contributed by atoms with E-state index >= 15 is 0 Å². The molecular weight excluding hydrogens is 352 g/mol. The Morgan fingerprint density at radius 1 is 1.24 bits per heavy atom. The van der Waals surface area contributed by atoms with Crippen molar-refractivity contribution in [3.8, 4) is 0 Å². The predicted molar refractivity (Wildman–Crippen MR) is 90.9 cm³/mol. The average molecular weight is 368 g/mol. The summed E-state index contributed by atoms with van der Waals surface area (Å²) in [5.41, 5.74) is 2.40. The number of carbonyl (C=O) groups excluding carboxylic acids is 1. The zero-order valence-electron chi connectivity index (χ0n) is 11.6. The number of hydrogen-bond donors (Lipinski definition) is 2. The van der Waals surface area contributed by atoms with Crippen molar-refractivity contribution in [1.29, 1.82) is 0 Å². The highest BCUT2D eigenvalue weighted by atomic mass is 79.9. The summed E-state index contributed by atoms with van der Waals surface area (Å²) in [5.74, 6) is -0.190. The van der Waals surface area contributed by atoms with Crippen LogP contribution in [-0.2, 0) is 6.54 Å². The van der Waals surface area contributed by atoms with Gasteiger partial charge in [0.05, 0.1) is 5.56 Å². The molecule has 2 N–H and O–H groups in total. The van der Waals surface area contributed by atoms with E-state index in [2.05, 4.69) is 33.5 Å². The van der Waals surface area contributed by atoms with Crippen LogP contribution in [-0.4, -0.2) is 12.5 Å². The molecule has 0 fully saturated rings. The van der Waals surface area contributed by atoms with Gasteiger partial charge in [-0.25, -0.2) is 0 Å². The van der Waals surface area contributed by atoms with Crippen molar-refractivity contribution in [2.45, 2.75) is 13.5 Å². The molecule has 0 aromatic heterocycles. The molecular formula is C16H16BrClN2O. The van der Waals surface area contributed by atoms with E-state index in [0.717, 1.165) is 24.3 Å². The molecule has 3 nitrogen and oxygen atoms in total. The van der Waals surface area contributed by atoms with Gasteiger partial charge in [-0.3, -0.25) is 4.79 Å². The third-order valence-electron chi connectivity index (χ3n) is 2.94. The largest absolute Gasteiger partial charge is 0.322 e. The highest BCUT2D eigenvalue weighted by Crippen LogP contribution is 2.22. The number of amides is 1. The monoisotopic (exact) mass is 366 g/mol. The lowest BCUT2D eigenvalue weighted by atomic mass is 10.1. The fraction of sp³-hybridized carbons (Fsp3) is 0.188. The molecule has 0 atom stereocenters. The van der Waals surface area contributed by atoms with Gasteiger partial charge < -0.3 is 10.6 Å². The second-order valence-electron chi connectivity index (χ2n) is 4.56. The van der Waals surface area contributed by atoms with Crippen molar-refractivity contribution < 1.29 is 4.79 Å². The maximum atomic E-state index is 12.3. The second-order valence-corrected chi connectivity index (χ2v) is 5.85. The van der Waals surface area contributed by atoms with E-state index in [4.69, 9.17) is 11.6 Å². The number of halogens is 2. The van der Waals surface area contributed by atoms with Crippen LogP contribution in [0.5, 0.6) is 0 Å². The van der Waals surface area contributed by atoms with E-state index in [0.29, 0.717) is 15.1 Å². The van der Waals surface area contributed by atoms with Gasteiger partial charge in [0.2, 0.25) is 0 Å². The Morgan fingerprint density at radius 2 is 2.05 bits per heavy atom. The third-order valence-corrected chi connectivity index (χ3v) is 3.86. The maximum Gasteiger partial charge on any atom is 0.256 e. The Balaban J connectivity index is 2.14. The predicted octanol–water partition coefficient (Wildman–Crippen LogP) is 4.46. The average Bonchev–Trinajstić information content (AvgIpc) is 2.48. The van der Waals surface area contributed by atoms with Gasteiger partial charge in [-0.15, -0.1) is 0 Å². The van der Waals surface area contributed by atoms with Crippen molar-refractivity contribution >= 4 is 39.1 Å². The van der Waals surface area contributed by atoms with Crippen LogP contribution in [0.1, 0.15) is 22.8 Å². The van der Waals surface area contributed by atoms with Gasteiger partial charge in [-0.2, -0.15) is 0 Å². The van der Waals surface area contributed by atoms with E-state index < -0.39 is 0 Å². The van der Waals surface area contributed by atoms with Gasteiger partial charge >= 0.3 is 0 Å². The van der Waals surface area contributed by atoms with Crippen molar-refractivity contribution in [1.82, 2.24) is 5.32 Å². The van der Waals surface area contributed by atoms with Crippen LogP contribution in [0, 0.1) is 0 Å². The smallest absolute Gasteiger partial charge is 0.256 e. The number of carbonyl (C=O) groups is 1. The molecule has 0 bridgehead atoms. The Kier molecular flexibility index (Phi) is 5.79. The van der Waals surface area contributed by atoms with Crippen LogP contribution in [0.15, 0.2) is 46.9 Å². The standard InChI is InChI=1S/C16H16BrClN2O/c1-2-19-10-11-4-3-5-13(8-11)20-16(21)14-9-12(18)6-7-15(14)17/h3-9,19H,2,10H2,1H3,(H,20,21). The molecule has 2 rings (SSSR count). The zero-order chi connectivity index (χ0) is 15.2. The fourth-order valence-corrected chi connectivity index (χ4v) is 2.50. The summed E-state index contributed by atoms with van der Waals surface area (Å²) in [4.78, 5) is 12.3. The molecule has 0 aliphatic heterocycles. The molecule has 110 valence electrons. The minimum atomic E-state index is -0.190. The summed E-state index contributed by atoms with van der Waals surface area (Å²) >= 11 is 9.30. The van der Waals surface area contributed by atoms with Crippen LogP contribution in [0.25, 0.3) is 0 Å². The van der Waals surface area contributed by atoms with Gasteiger partial charge in [0.25, 0.3) is 5.91 Å². The van der Waals surface area contributed by atoms with E-state index in [9.17, 15) is 4.79 Å². The van der Waals surface area contributed by atoms with Crippen molar-refractivity contribution in [3.05, 3.63) is 63.1 Å². The van der Waals surface area contributed by atoms with Gasteiger partial charge in [-0.1, -0.05) is 30.7 Å². The molecule has 0 aliphatic carbocycles. The first kappa shape index (κ1) is 16.0. The Labute approximate surface area is 137 Å². The molecule has 0 heterocycles. The number of anilines is 1. The number of nitrogens with one attached hydrogen (secondary N) is 2. The molecule has 0 unspecified atom stereocenters. The second kappa shape index (κ2) is 7.59. The highest BCUT2D eigenvalue weighted by Gasteiger charge is 2.11. The van der Waals surface area contributed by atoms with E-state index in [1.165, 1.54) is 0 Å². The maximum absolute atomic E-state index is 12.3. The third kappa shape index (κ3) is 4.56. The topological polar surface area (TPSA) is 41.1 Å². The van der Waals surface area contributed by atoms with Crippen molar-refractivity contribution in [2.75, 3.05) is 11.9 Å². The minimum Gasteiger partial charge on any atom is -0.322 e. The van der Waals surface area contributed by atoms with Crippen LogP contribution in [0.4, 0.5) is 5.69 Å². The van der Waals surface area contributed by atoms with Gasteiger partial charge in [0.15, 0.2) is 0 Å². The minimum absolute atomic E-state index is 0.190.